The summed E-state index contributed by atoms with van der Waals surface area (Å²) in [6.07, 6.45) is 5.44. The molecule has 0 saturated carbocycles. The summed E-state index contributed by atoms with van der Waals surface area (Å²) in [6.45, 7) is 6.20. The minimum Gasteiger partial charge on any atom is -0.491 e. The van der Waals surface area contributed by atoms with E-state index in [1.165, 1.54) is 18.9 Å². The van der Waals surface area contributed by atoms with E-state index in [0.717, 1.165) is 38.0 Å². The fourth-order valence-electron chi connectivity index (χ4n) is 1.77. The van der Waals surface area contributed by atoms with Crippen LogP contribution in [0.15, 0.2) is 18.2 Å². The molecule has 0 heterocycles. The van der Waals surface area contributed by atoms with Crippen molar-refractivity contribution in [3.63, 3.8) is 0 Å². The number of unbranched alkanes of at least 4 members (excludes halogenated alkanes) is 3. The average Bonchev–Trinajstić information content (AvgIpc) is 2.39. The van der Waals surface area contributed by atoms with E-state index >= 15 is 0 Å². The SMILES string of the molecule is CCCCCOCCCCOc1ccc(C)cc1F. The van der Waals surface area contributed by atoms with E-state index in [1.807, 2.05) is 13.0 Å². The molecule has 1 rings (SSSR count). The predicted molar refractivity (Wildman–Crippen MR) is 76.2 cm³/mol. The van der Waals surface area contributed by atoms with Crippen LogP contribution in [-0.4, -0.2) is 19.8 Å². The van der Waals surface area contributed by atoms with E-state index in [4.69, 9.17) is 9.47 Å². The first-order chi connectivity index (χ1) is 9.24. The topological polar surface area (TPSA) is 18.5 Å². The zero-order valence-electron chi connectivity index (χ0n) is 12.1. The van der Waals surface area contributed by atoms with E-state index in [-0.39, 0.29) is 5.82 Å². The Morgan fingerprint density at radius 1 is 1.00 bits per heavy atom. The van der Waals surface area contributed by atoms with Crippen molar-refractivity contribution in [1.29, 1.82) is 0 Å². The van der Waals surface area contributed by atoms with Gasteiger partial charge in [-0.3, -0.25) is 0 Å². The van der Waals surface area contributed by atoms with Gasteiger partial charge in [0.25, 0.3) is 0 Å². The van der Waals surface area contributed by atoms with Crippen LogP contribution >= 0.6 is 0 Å². The van der Waals surface area contributed by atoms with Crippen molar-refractivity contribution in [2.24, 2.45) is 0 Å². The summed E-state index contributed by atoms with van der Waals surface area (Å²) in [4.78, 5) is 0. The number of aryl methyl sites for hydroxylation is 1. The molecular weight excluding hydrogens is 243 g/mol. The standard InChI is InChI=1S/C16H25FO2/c1-3-4-5-10-18-11-6-7-12-19-16-9-8-14(2)13-15(16)17/h8-9,13H,3-7,10-12H2,1-2H3. The van der Waals surface area contributed by atoms with E-state index in [2.05, 4.69) is 6.92 Å². The highest BCUT2D eigenvalue weighted by Gasteiger charge is 2.02. The summed E-state index contributed by atoms with van der Waals surface area (Å²) in [7, 11) is 0. The first-order valence-corrected chi connectivity index (χ1v) is 7.20. The molecule has 1 aromatic rings. The molecule has 108 valence electrons. The van der Waals surface area contributed by atoms with Gasteiger partial charge < -0.3 is 9.47 Å². The first kappa shape index (κ1) is 16.0. The molecule has 0 aromatic heterocycles. The Balaban J connectivity index is 2.01. The van der Waals surface area contributed by atoms with Crippen molar-refractivity contribution in [2.45, 2.75) is 46.0 Å². The fraction of sp³-hybridized carbons (Fsp3) is 0.625. The van der Waals surface area contributed by atoms with Crippen LogP contribution in [0.3, 0.4) is 0 Å². The third-order valence-corrected chi connectivity index (χ3v) is 2.92. The molecule has 1 aromatic carbocycles. The molecule has 0 radical (unpaired) electrons. The van der Waals surface area contributed by atoms with E-state index in [0.29, 0.717) is 12.4 Å². The molecule has 0 amide bonds. The Labute approximate surface area is 115 Å². The maximum absolute atomic E-state index is 13.4. The minimum atomic E-state index is -0.282. The van der Waals surface area contributed by atoms with Crippen molar-refractivity contribution in [3.8, 4) is 5.75 Å². The van der Waals surface area contributed by atoms with Gasteiger partial charge in [-0.1, -0.05) is 25.8 Å². The smallest absolute Gasteiger partial charge is 0.165 e. The molecule has 0 aliphatic rings. The van der Waals surface area contributed by atoms with Crippen LogP contribution in [0.2, 0.25) is 0 Å². The van der Waals surface area contributed by atoms with E-state index < -0.39 is 0 Å². The van der Waals surface area contributed by atoms with Gasteiger partial charge in [0.2, 0.25) is 0 Å². The molecule has 0 fully saturated rings. The van der Waals surface area contributed by atoms with Crippen molar-refractivity contribution in [3.05, 3.63) is 29.6 Å². The molecule has 0 N–H and O–H groups in total. The molecule has 2 nitrogen and oxygen atoms in total. The van der Waals surface area contributed by atoms with E-state index in [9.17, 15) is 4.39 Å². The lowest BCUT2D eigenvalue weighted by atomic mass is 10.2. The van der Waals surface area contributed by atoms with Gasteiger partial charge >= 0.3 is 0 Å². The van der Waals surface area contributed by atoms with Gasteiger partial charge in [-0.05, 0) is 43.9 Å². The zero-order valence-corrected chi connectivity index (χ0v) is 12.1. The summed E-state index contributed by atoms with van der Waals surface area (Å²) < 4.78 is 24.4. The summed E-state index contributed by atoms with van der Waals surface area (Å²) in [5.41, 5.74) is 0.908. The quantitative estimate of drug-likeness (QED) is 0.582. The van der Waals surface area contributed by atoms with Gasteiger partial charge in [-0.2, -0.15) is 0 Å². The molecule has 0 aliphatic carbocycles. The van der Waals surface area contributed by atoms with Gasteiger partial charge in [0.15, 0.2) is 11.6 Å². The second-order valence-electron chi connectivity index (χ2n) is 4.81. The molecule has 0 unspecified atom stereocenters. The Hall–Kier alpha value is -1.09. The Kier molecular flexibility index (Phi) is 8.23. The normalized spacial score (nSPS) is 10.7. The lowest BCUT2D eigenvalue weighted by molar-refractivity contribution is 0.122. The number of halogens is 1. The van der Waals surface area contributed by atoms with Gasteiger partial charge in [-0.25, -0.2) is 4.39 Å². The van der Waals surface area contributed by atoms with Gasteiger partial charge in [0, 0.05) is 13.2 Å². The first-order valence-electron chi connectivity index (χ1n) is 7.20. The van der Waals surface area contributed by atoms with Crippen molar-refractivity contribution >= 4 is 0 Å². The number of benzene rings is 1. The molecular formula is C16H25FO2. The van der Waals surface area contributed by atoms with Crippen LogP contribution in [0.4, 0.5) is 4.39 Å². The molecule has 0 bridgehead atoms. The summed E-state index contributed by atoms with van der Waals surface area (Å²) in [5, 5.41) is 0. The second-order valence-corrected chi connectivity index (χ2v) is 4.81. The van der Waals surface area contributed by atoms with E-state index in [1.54, 1.807) is 6.07 Å². The maximum atomic E-state index is 13.4. The lowest BCUT2D eigenvalue weighted by Crippen LogP contribution is -2.03. The molecule has 0 saturated heterocycles. The third-order valence-electron chi connectivity index (χ3n) is 2.92. The number of hydrogen-bond donors (Lipinski definition) is 0. The van der Waals surface area contributed by atoms with Crippen LogP contribution in [0.1, 0.15) is 44.6 Å². The Morgan fingerprint density at radius 2 is 1.68 bits per heavy atom. The van der Waals surface area contributed by atoms with Crippen LogP contribution in [0, 0.1) is 12.7 Å². The molecule has 0 spiro atoms. The molecule has 19 heavy (non-hydrogen) atoms. The third kappa shape index (κ3) is 7.16. The van der Waals surface area contributed by atoms with Crippen molar-refractivity contribution in [1.82, 2.24) is 0 Å². The highest BCUT2D eigenvalue weighted by Crippen LogP contribution is 2.18. The summed E-state index contributed by atoms with van der Waals surface area (Å²) in [6, 6.07) is 5.04. The largest absolute Gasteiger partial charge is 0.491 e. The highest BCUT2D eigenvalue weighted by molar-refractivity contribution is 5.28. The molecule has 0 aliphatic heterocycles. The van der Waals surface area contributed by atoms with Crippen molar-refractivity contribution in [2.75, 3.05) is 19.8 Å². The minimum absolute atomic E-state index is 0.282. The highest BCUT2D eigenvalue weighted by atomic mass is 19.1. The van der Waals surface area contributed by atoms with Gasteiger partial charge in [0.1, 0.15) is 0 Å². The maximum Gasteiger partial charge on any atom is 0.165 e. The van der Waals surface area contributed by atoms with Gasteiger partial charge in [-0.15, -0.1) is 0 Å². The Bertz CT molecular complexity index is 353. The molecule has 0 atom stereocenters. The monoisotopic (exact) mass is 268 g/mol. The van der Waals surface area contributed by atoms with Crippen LogP contribution in [0.25, 0.3) is 0 Å². The Morgan fingerprint density at radius 3 is 2.37 bits per heavy atom. The van der Waals surface area contributed by atoms with Crippen molar-refractivity contribution < 1.29 is 13.9 Å². The number of ether oxygens (including phenoxy) is 2. The molecule has 3 heteroatoms. The summed E-state index contributed by atoms with van der Waals surface area (Å²) in [5.74, 6) is 0.0604. The number of rotatable bonds is 10. The second kappa shape index (κ2) is 9.79. The lowest BCUT2D eigenvalue weighted by Gasteiger charge is -2.08. The van der Waals surface area contributed by atoms with Crippen LogP contribution < -0.4 is 4.74 Å². The van der Waals surface area contributed by atoms with Gasteiger partial charge in [0.05, 0.1) is 6.61 Å². The number of hydrogen-bond acceptors (Lipinski definition) is 2. The van der Waals surface area contributed by atoms with Crippen LogP contribution in [-0.2, 0) is 4.74 Å². The zero-order chi connectivity index (χ0) is 13.9. The predicted octanol–water partition coefficient (Wildman–Crippen LogP) is 4.50. The fourth-order valence-corrected chi connectivity index (χ4v) is 1.77. The average molecular weight is 268 g/mol. The van der Waals surface area contributed by atoms with Crippen LogP contribution in [0.5, 0.6) is 5.75 Å². The summed E-state index contributed by atoms with van der Waals surface area (Å²) >= 11 is 0.